The first kappa shape index (κ1) is 37.0. The summed E-state index contributed by atoms with van der Waals surface area (Å²) in [5.41, 5.74) is 4.68. The van der Waals surface area contributed by atoms with E-state index < -0.39 is 12.1 Å². The minimum Gasteiger partial charge on any atom is -0.475 e. The number of hydrazine groups is 1. The van der Waals surface area contributed by atoms with Gasteiger partial charge in [0.2, 0.25) is 11.7 Å². The Morgan fingerprint density at radius 2 is 1.67 bits per heavy atom. The Bertz CT molecular complexity index is 1450. The third-order valence-corrected chi connectivity index (χ3v) is 9.01. The van der Waals surface area contributed by atoms with Crippen molar-refractivity contribution in [3.05, 3.63) is 51.9 Å². The first-order chi connectivity index (χ1) is 22.8. The number of nitrogens with one attached hydrogen (secondary N) is 1. The van der Waals surface area contributed by atoms with E-state index in [-0.39, 0.29) is 23.7 Å². The Morgan fingerprint density at radius 3 is 2.23 bits per heavy atom. The van der Waals surface area contributed by atoms with Gasteiger partial charge in [-0.3, -0.25) is 24.9 Å². The summed E-state index contributed by atoms with van der Waals surface area (Å²) in [6.07, 6.45) is -0.344. The zero-order valence-corrected chi connectivity index (χ0v) is 28.0. The Morgan fingerprint density at radius 1 is 1.06 bits per heavy atom. The standard InChI is InChI=1S/C29H37BrN8O3.C2HF3O2/c1-35-12-14-37(15-13-35)29(40)23-6-10-36(11-7-23)20-21-2-4-22(5-3-21)28(39)34-38(24-8-16-41-17-9-24)27-25(30)19-32-26(18-31)33-27;3-2(4,5)1(6)7/h2-5,19,23-24H,6-17,20H2,1H3,(H,34,39);(H,6,7). The van der Waals surface area contributed by atoms with Crippen molar-refractivity contribution in [2.24, 2.45) is 5.92 Å². The van der Waals surface area contributed by atoms with Crippen LogP contribution in [-0.4, -0.2) is 119 Å². The van der Waals surface area contributed by atoms with Gasteiger partial charge in [0.1, 0.15) is 6.07 Å². The number of carboxylic acid groups (broad SMARTS) is 1. The molecule has 3 saturated heterocycles. The van der Waals surface area contributed by atoms with Crippen molar-refractivity contribution in [1.29, 1.82) is 5.26 Å². The van der Waals surface area contributed by atoms with Crippen molar-refractivity contribution in [3.63, 3.8) is 0 Å². The summed E-state index contributed by atoms with van der Waals surface area (Å²) < 4.78 is 37.8. The third kappa shape index (κ3) is 10.3. The normalized spacial score (nSPS) is 18.3. The molecule has 1 aromatic carbocycles. The van der Waals surface area contributed by atoms with E-state index >= 15 is 0 Å². The third-order valence-electron chi connectivity index (χ3n) is 8.45. The lowest BCUT2D eigenvalue weighted by Crippen LogP contribution is -2.51. The number of rotatable bonds is 7. The summed E-state index contributed by atoms with van der Waals surface area (Å²) in [5.74, 6) is -2.09. The summed E-state index contributed by atoms with van der Waals surface area (Å²) in [6, 6.07) is 9.60. The molecule has 0 radical (unpaired) electrons. The number of anilines is 1. The van der Waals surface area contributed by atoms with Crippen LogP contribution in [-0.2, 0) is 20.9 Å². The fraction of sp³-hybridized carbons (Fsp3) is 0.548. The topological polar surface area (TPSA) is 155 Å². The van der Waals surface area contributed by atoms with Crippen LogP contribution in [0.25, 0.3) is 0 Å². The molecule has 48 heavy (non-hydrogen) atoms. The number of piperidine rings is 1. The van der Waals surface area contributed by atoms with Gasteiger partial charge in [-0.2, -0.15) is 23.4 Å². The Hall–Kier alpha value is -3.85. The number of nitriles is 1. The molecule has 5 rings (SSSR count). The van der Waals surface area contributed by atoms with Crippen molar-refractivity contribution >= 4 is 39.5 Å². The van der Waals surface area contributed by atoms with Gasteiger partial charge in [-0.1, -0.05) is 12.1 Å². The van der Waals surface area contributed by atoms with Crippen molar-refractivity contribution in [3.8, 4) is 6.07 Å². The zero-order valence-electron chi connectivity index (χ0n) is 26.5. The van der Waals surface area contributed by atoms with Gasteiger partial charge in [-0.15, -0.1) is 0 Å². The number of carbonyl (C=O) groups excluding carboxylic acids is 2. The van der Waals surface area contributed by atoms with Gasteiger partial charge in [0.05, 0.1) is 10.5 Å². The Labute approximate surface area is 284 Å². The number of alkyl halides is 3. The molecule has 0 atom stereocenters. The van der Waals surface area contributed by atoms with Crippen LogP contribution in [0.5, 0.6) is 0 Å². The van der Waals surface area contributed by atoms with Crippen LogP contribution in [0.1, 0.15) is 47.4 Å². The average molecular weight is 740 g/mol. The predicted octanol–water partition coefficient (Wildman–Crippen LogP) is 3.06. The van der Waals surface area contributed by atoms with Gasteiger partial charge >= 0.3 is 12.1 Å². The molecule has 2 amide bonds. The number of carboxylic acids is 1. The van der Waals surface area contributed by atoms with Crippen LogP contribution in [0.15, 0.2) is 34.9 Å². The molecule has 2 N–H and O–H groups in total. The monoisotopic (exact) mass is 738 g/mol. The molecule has 1 aromatic heterocycles. The molecule has 0 aliphatic carbocycles. The number of halogens is 4. The summed E-state index contributed by atoms with van der Waals surface area (Å²) in [6.45, 7) is 7.31. The number of hydrogen-bond acceptors (Lipinski definition) is 10. The van der Waals surface area contributed by atoms with E-state index in [4.69, 9.17) is 14.6 Å². The van der Waals surface area contributed by atoms with E-state index in [0.717, 1.165) is 77.1 Å². The molecule has 0 unspecified atom stereocenters. The van der Waals surface area contributed by atoms with Crippen LogP contribution < -0.4 is 10.4 Å². The van der Waals surface area contributed by atoms with Crippen LogP contribution in [0.4, 0.5) is 19.0 Å². The fourth-order valence-corrected chi connectivity index (χ4v) is 6.04. The molecule has 3 aliphatic heterocycles. The van der Waals surface area contributed by atoms with Crippen LogP contribution in [0.3, 0.4) is 0 Å². The van der Waals surface area contributed by atoms with Crippen molar-refractivity contribution in [1.82, 2.24) is 30.1 Å². The second-order valence-electron chi connectivity index (χ2n) is 11.8. The highest BCUT2D eigenvalue weighted by molar-refractivity contribution is 9.10. The SMILES string of the molecule is CN1CCN(C(=O)C2CCN(Cc3ccc(C(=O)NN(c4nc(C#N)ncc4Br)C4CCOCC4)cc3)CC2)CC1.O=C(O)C(F)(F)F. The second kappa shape index (κ2) is 17.0. The van der Waals surface area contributed by atoms with E-state index in [1.165, 1.54) is 6.20 Å². The van der Waals surface area contributed by atoms with Gasteiger partial charge in [0, 0.05) is 63.6 Å². The minimum atomic E-state index is -5.08. The molecule has 4 heterocycles. The molecule has 3 fully saturated rings. The van der Waals surface area contributed by atoms with E-state index in [0.29, 0.717) is 35.0 Å². The van der Waals surface area contributed by atoms with Crippen LogP contribution in [0, 0.1) is 17.2 Å². The van der Waals surface area contributed by atoms with Crippen molar-refractivity contribution in [2.75, 3.05) is 64.5 Å². The summed E-state index contributed by atoms with van der Waals surface area (Å²) in [5, 5.41) is 18.2. The molecule has 17 heteroatoms. The minimum absolute atomic E-state index is 0.0317. The van der Waals surface area contributed by atoms with E-state index in [9.17, 15) is 28.0 Å². The summed E-state index contributed by atoms with van der Waals surface area (Å²) in [4.78, 5) is 50.2. The number of aromatic nitrogens is 2. The molecule has 13 nitrogen and oxygen atoms in total. The molecule has 260 valence electrons. The Balaban J connectivity index is 0.000000671. The highest BCUT2D eigenvalue weighted by atomic mass is 79.9. The number of ether oxygens (including phenoxy) is 1. The van der Waals surface area contributed by atoms with Gasteiger partial charge in [-0.05, 0) is 79.4 Å². The second-order valence-corrected chi connectivity index (χ2v) is 12.7. The van der Waals surface area contributed by atoms with Gasteiger partial charge in [0.15, 0.2) is 5.82 Å². The number of aliphatic carboxylic acids is 1. The lowest BCUT2D eigenvalue weighted by atomic mass is 9.94. The van der Waals surface area contributed by atoms with Gasteiger partial charge in [-0.25, -0.2) is 9.78 Å². The summed E-state index contributed by atoms with van der Waals surface area (Å²) in [7, 11) is 2.10. The highest BCUT2D eigenvalue weighted by Crippen LogP contribution is 2.27. The smallest absolute Gasteiger partial charge is 0.475 e. The maximum atomic E-state index is 13.3. The van der Waals surface area contributed by atoms with Gasteiger partial charge < -0.3 is 19.6 Å². The number of benzene rings is 1. The van der Waals surface area contributed by atoms with E-state index in [1.807, 2.05) is 35.2 Å². The molecule has 0 bridgehead atoms. The lowest BCUT2D eigenvalue weighted by molar-refractivity contribution is -0.192. The number of likely N-dealkylation sites (tertiary alicyclic amines) is 1. The van der Waals surface area contributed by atoms with Gasteiger partial charge in [0.25, 0.3) is 5.91 Å². The maximum Gasteiger partial charge on any atom is 0.490 e. The molecule has 0 saturated carbocycles. The van der Waals surface area contributed by atoms with Crippen molar-refractivity contribution in [2.45, 2.75) is 44.4 Å². The average Bonchev–Trinajstić information content (AvgIpc) is 3.08. The molecule has 0 spiro atoms. The van der Waals surface area contributed by atoms with Crippen molar-refractivity contribution < 1.29 is 37.4 Å². The highest BCUT2D eigenvalue weighted by Gasteiger charge is 2.38. The van der Waals surface area contributed by atoms with Crippen LogP contribution >= 0.6 is 15.9 Å². The predicted molar refractivity (Wildman–Crippen MR) is 170 cm³/mol. The first-order valence-corrected chi connectivity index (χ1v) is 16.3. The number of likely N-dealkylation sites (N-methyl/N-ethyl adjacent to an activating group) is 1. The summed E-state index contributed by atoms with van der Waals surface area (Å²) >= 11 is 3.48. The number of hydrogen-bond donors (Lipinski definition) is 2. The zero-order chi connectivity index (χ0) is 34.8. The maximum absolute atomic E-state index is 13.3. The van der Waals surface area contributed by atoms with E-state index in [1.54, 1.807) is 5.01 Å². The van der Waals surface area contributed by atoms with E-state index in [2.05, 4.69) is 48.2 Å². The number of carbonyl (C=O) groups is 3. The Kier molecular flexibility index (Phi) is 13.1. The number of nitrogens with zero attached hydrogens (tertiary/aromatic N) is 7. The largest absolute Gasteiger partial charge is 0.490 e. The number of piperazine rings is 1. The molecule has 3 aliphatic rings. The first-order valence-electron chi connectivity index (χ1n) is 15.5. The quantitative estimate of drug-likeness (QED) is 0.403. The van der Waals surface area contributed by atoms with Crippen LogP contribution in [0.2, 0.25) is 0 Å². The molecular formula is C31H38BrF3N8O5. The lowest BCUT2D eigenvalue weighted by Gasteiger charge is -2.37. The molecular weight excluding hydrogens is 701 g/mol. The molecule has 2 aromatic rings. The number of amides is 2. The fourth-order valence-electron chi connectivity index (χ4n) is 5.66.